The zero-order valence-corrected chi connectivity index (χ0v) is 46.3. The van der Waals surface area contributed by atoms with Crippen LogP contribution < -0.4 is 0 Å². The monoisotopic (exact) mass is 1180 g/mol. The number of esters is 10. The van der Waals surface area contributed by atoms with E-state index in [1.54, 1.807) is 36.4 Å². The zero-order chi connectivity index (χ0) is 60.7. The van der Waals surface area contributed by atoms with E-state index in [4.69, 9.17) is 80.5 Å². The Hall–Kier alpha value is -7.22. The summed E-state index contributed by atoms with van der Waals surface area (Å²) in [6, 6.07) is 15.4. The molecule has 0 spiro atoms. The van der Waals surface area contributed by atoms with Crippen molar-refractivity contribution in [1.29, 1.82) is 0 Å². The zero-order valence-electron chi connectivity index (χ0n) is 46.3. The van der Waals surface area contributed by atoms with Crippen LogP contribution in [0.1, 0.15) is 88.9 Å². The predicted octanol–water partition coefficient (Wildman–Crippen LogP) is 0.605. The van der Waals surface area contributed by atoms with Gasteiger partial charge in [0.05, 0.1) is 11.1 Å². The number of aliphatic hydroxyl groups excluding tert-OH is 2. The topological polar surface area (TPSA) is 368 Å². The highest BCUT2D eigenvalue weighted by atomic mass is 16.8. The molecular formula is C54H66O29. The Morgan fingerprint density at radius 3 is 1.22 bits per heavy atom. The minimum Gasteiger partial charge on any atom is -0.463 e. The first-order valence-electron chi connectivity index (χ1n) is 26.1. The van der Waals surface area contributed by atoms with Gasteiger partial charge < -0.3 is 90.7 Å². The molecule has 29 heteroatoms. The lowest BCUT2D eigenvalue weighted by molar-refractivity contribution is -0.372. The van der Waals surface area contributed by atoms with Crippen LogP contribution in [0, 0.1) is 0 Å². The molecule has 2 unspecified atom stereocenters. The third kappa shape index (κ3) is 18.9. The van der Waals surface area contributed by atoms with E-state index >= 15 is 0 Å². The SMILES string of the molecule is CC(=O)OC[C@H]1OC(O)C[C@@H](OC(C)=O)[C@@H]1O[C@H]1O[C@H](COC(=O)c2ccccc2)[C@@H](OC2C[C@@H](OC(C)=O)[C@H](O[C@H]3O[C@H](COC(=O)c4ccccc4)[C@@H](O)[C@H](OC(C)=O)[C@H]3OC(C)=O)[C@@H](COC(C)=O)O2)[C@H](OC(C)=O)[C@H]1OC(C)=O. The summed E-state index contributed by atoms with van der Waals surface area (Å²) >= 11 is 0. The molecule has 4 heterocycles. The largest absolute Gasteiger partial charge is 0.463 e. The number of carbonyl (C=O) groups is 10. The van der Waals surface area contributed by atoms with Gasteiger partial charge in [0, 0.05) is 68.2 Å². The van der Waals surface area contributed by atoms with Crippen molar-refractivity contribution in [2.75, 3.05) is 26.4 Å². The molecular weight excluding hydrogens is 1110 g/mol. The summed E-state index contributed by atoms with van der Waals surface area (Å²) in [4.78, 5) is 128. The maximum absolute atomic E-state index is 13.6. The number of rotatable bonds is 22. The molecule has 0 aromatic heterocycles. The van der Waals surface area contributed by atoms with E-state index in [1.165, 1.54) is 24.3 Å². The fourth-order valence-corrected chi connectivity index (χ4v) is 9.39. The molecule has 6 rings (SSSR count). The van der Waals surface area contributed by atoms with Gasteiger partial charge in [-0.05, 0) is 24.3 Å². The molecule has 83 heavy (non-hydrogen) atoms. The Kier molecular flexibility index (Phi) is 23.8. The summed E-state index contributed by atoms with van der Waals surface area (Å²) in [5.41, 5.74) is 0.197. The van der Waals surface area contributed by atoms with E-state index < -0.39 is 210 Å². The quantitative estimate of drug-likeness (QED) is 0.120. The third-order valence-corrected chi connectivity index (χ3v) is 12.6. The number of carbonyl (C=O) groups excluding carboxylic acids is 10. The Balaban J connectivity index is 1.40. The first-order valence-corrected chi connectivity index (χ1v) is 26.1. The van der Waals surface area contributed by atoms with Gasteiger partial charge in [-0.2, -0.15) is 0 Å². The van der Waals surface area contributed by atoms with Gasteiger partial charge in [0.25, 0.3) is 0 Å². The van der Waals surface area contributed by atoms with Gasteiger partial charge in [0.15, 0.2) is 49.6 Å². The number of hydrogen-bond donors (Lipinski definition) is 2. The van der Waals surface area contributed by atoms with E-state index in [2.05, 4.69) is 0 Å². The van der Waals surface area contributed by atoms with Crippen LogP contribution in [0.15, 0.2) is 60.7 Å². The maximum Gasteiger partial charge on any atom is 0.338 e. The van der Waals surface area contributed by atoms with Crippen LogP contribution in [0.3, 0.4) is 0 Å². The van der Waals surface area contributed by atoms with Crippen LogP contribution in [0.5, 0.6) is 0 Å². The van der Waals surface area contributed by atoms with Crippen molar-refractivity contribution in [2.45, 2.75) is 179 Å². The minimum absolute atomic E-state index is 0.0728. The number of aliphatic hydroxyl groups is 2. The van der Waals surface area contributed by atoms with Gasteiger partial charge in [-0.3, -0.25) is 38.4 Å². The smallest absolute Gasteiger partial charge is 0.338 e. The van der Waals surface area contributed by atoms with Crippen LogP contribution >= 0.6 is 0 Å². The molecule has 0 radical (unpaired) electrons. The van der Waals surface area contributed by atoms with Crippen molar-refractivity contribution in [2.24, 2.45) is 0 Å². The molecule has 4 saturated heterocycles. The van der Waals surface area contributed by atoms with E-state index in [0.717, 1.165) is 55.4 Å². The number of ether oxygens (including phenoxy) is 17. The Labute approximate surface area is 474 Å². The second kappa shape index (κ2) is 30.4. The Morgan fingerprint density at radius 1 is 0.386 bits per heavy atom. The molecule has 0 saturated carbocycles. The highest BCUT2D eigenvalue weighted by molar-refractivity contribution is 5.89. The fraction of sp³-hybridized carbons (Fsp3) is 0.593. The van der Waals surface area contributed by atoms with Crippen LogP contribution in [0.4, 0.5) is 0 Å². The average Bonchev–Trinajstić information content (AvgIpc) is 3.60. The van der Waals surface area contributed by atoms with Gasteiger partial charge in [-0.25, -0.2) is 9.59 Å². The average molecular weight is 1180 g/mol. The molecule has 0 aliphatic carbocycles. The van der Waals surface area contributed by atoms with Gasteiger partial charge in [-0.1, -0.05) is 36.4 Å². The van der Waals surface area contributed by atoms with E-state index in [1.807, 2.05) is 0 Å². The molecule has 4 fully saturated rings. The molecule has 2 N–H and O–H groups in total. The molecule has 2 aromatic carbocycles. The van der Waals surface area contributed by atoms with Gasteiger partial charge >= 0.3 is 59.7 Å². The molecule has 18 atom stereocenters. The first kappa shape index (κ1) is 64.9. The van der Waals surface area contributed by atoms with Crippen molar-refractivity contribution in [3.63, 3.8) is 0 Å². The van der Waals surface area contributed by atoms with Gasteiger partial charge in [0.2, 0.25) is 0 Å². The highest BCUT2D eigenvalue weighted by Gasteiger charge is 2.58. The van der Waals surface area contributed by atoms with Crippen molar-refractivity contribution in [3.8, 4) is 0 Å². The molecule has 29 nitrogen and oxygen atoms in total. The van der Waals surface area contributed by atoms with Crippen molar-refractivity contribution in [1.82, 2.24) is 0 Å². The molecule has 456 valence electrons. The van der Waals surface area contributed by atoms with Crippen LogP contribution in [0.25, 0.3) is 0 Å². The molecule has 2 aromatic rings. The van der Waals surface area contributed by atoms with Crippen molar-refractivity contribution in [3.05, 3.63) is 71.8 Å². The molecule has 0 bridgehead atoms. The standard InChI is InChI=1S/C54H66O29/c1-25(55)67-22-38-44(35(71-27(3)57)19-41(63)77-38)82-54-50(76-32(8)62)48(74-30(6)60)46(40(80-54)24-70-52(66)34-17-13-10-14-18-34)81-42-20-36(72-28(4)58)45(39(78-42)23-68-26(2)56)83-53-49(75-31(7)61)47(73-29(5)59)43(64)37(79-53)21-69-51(65)33-15-11-9-12-16-33/h9-18,35-50,53-54,63-64H,19-24H2,1-8H3/t35-,36-,37-,38-,39-,40-,41?,42?,43-,44+,45+,46-,47+,48+,49-,50-,53-,54-/m1/s1. The van der Waals surface area contributed by atoms with E-state index in [-0.39, 0.29) is 11.1 Å². The fourth-order valence-electron chi connectivity index (χ4n) is 9.39. The lowest BCUT2D eigenvalue weighted by Gasteiger charge is -2.49. The number of benzene rings is 2. The summed E-state index contributed by atoms with van der Waals surface area (Å²) in [6.07, 6.45) is -31.4. The first-order chi connectivity index (χ1) is 39.4. The summed E-state index contributed by atoms with van der Waals surface area (Å²) in [5, 5.41) is 22.2. The van der Waals surface area contributed by atoms with Crippen LogP contribution in [-0.2, 0) is 119 Å². The number of hydrogen-bond acceptors (Lipinski definition) is 29. The highest BCUT2D eigenvalue weighted by Crippen LogP contribution is 2.38. The van der Waals surface area contributed by atoms with Crippen LogP contribution in [0.2, 0.25) is 0 Å². The van der Waals surface area contributed by atoms with Crippen molar-refractivity contribution >= 4 is 59.7 Å². The molecule has 0 amide bonds. The lowest BCUT2D eigenvalue weighted by Crippen LogP contribution is -2.66. The maximum atomic E-state index is 13.6. The van der Waals surface area contributed by atoms with Gasteiger partial charge in [-0.15, -0.1) is 0 Å². The molecule has 4 aliphatic rings. The van der Waals surface area contributed by atoms with E-state index in [0.29, 0.717) is 0 Å². The normalized spacial score (nSPS) is 31.3. The second-order valence-electron chi connectivity index (χ2n) is 19.2. The second-order valence-corrected chi connectivity index (χ2v) is 19.2. The molecule has 4 aliphatic heterocycles. The summed E-state index contributed by atoms with van der Waals surface area (Å²) < 4.78 is 99.7. The van der Waals surface area contributed by atoms with Crippen molar-refractivity contribution < 1.29 is 139 Å². The summed E-state index contributed by atoms with van der Waals surface area (Å²) in [6.45, 7) is 5.41. The van der Waals surface area contributed by atoms with Gasteiger partial charge in [0.1, 0.15) is 87.5 Å². The lowest BCUT2D eigenvalue weighted by atomic mass is 9.96. The van der Waals surface area contributed by atoms with Crippen LogP contribution in [-0.4, -0.2) is 207 Å². The Morgan fingerprint density at radius 2 is 0.759 bits per heavy atom. The summed E-state index contributed by atoms with van der Waals surface area (Å²) in [7, 11) is 0. The Bertz CT molecular complexity index is 2580. The third-order valence-electron chi connectivity index (χ3n) is 12.6. The minimum atomic E-state index is -1.92. The van der Waals surface area contributed by atoms with E-state index in [9.17, 15) is 58.2 Å². The summed E-state index contributed by atoms with van der Waals surface area (Å²) in [5.74, 6) is -9.13. The predicted molar refractivity (Wildman–Crippen MR) is 267 cm³/mol.